The monoisotopic (exact) mass is 338 g/mol. The van der Waals surface area contributed by atoms with E-state index < -0.39 is 0 Å². The molecule has 0 amide bonds. The number of para-hydroxylation sites is 1. The highest BCUT2D eigenvalue weighted by Gasteiger charge is 2.13. The number of hydrogen-bond acceptors (Lipinski definition) is 4. The molecular formula is C22H14N2O2. The Morgan fingerprint density at radius 2 is 1.62 bits per heavy atom. The largest absolute Gasteiger partial charge is 0.507 e. The first-order valence-corrected chi connectivity index (χ1v) is 8.33. The molecule has 0 aliphatic heterocycles. The molecule has 5 rings (SSSR count). The normalized spacial score (nSPS) is 11.2. The Morgan fingerprint density at radius 1 is 0.769 bits per heavy atom. The lowest BCUT2D eigenvalue weighted by molar-refractivity contribution is 0.477. The highest BCUT2D eigenvalue weighted by Crippen LogP contribution is 2.34. The Labute approximate surface area is 149 Å². The van der Waals surface area contributed by atoms with E-state index in [-0.39, 0.29) is 5.75 Å². The lowest BCUT2D eigenvalue weighted by Crippen LogP contribution is -1.85. The van der Waals surface area contributed by atoms with Crippen molar-refractivity contribution in [2.75, 3.05) is 0 Å². The quantitative estimate of drug-likeness (QED) is 0.467. The molecule has 0 spiro atoms. The van der Waals surface area contributed by atoms with Crippen LogP contribution in [0.4, 0.5) is 0 Å². The number of aromatic nitrogens is 2. The van der Waals surface area contributed by atoms with Crippen LogP contribution in [-0.4, -0.2) is 15.1 Å². The molecule has 26 heavy (non-hydrogen) atoms. The maximum absolute atomic E-state index is 10.1. The summed E-state index contributed by atoms with van der Waals surface area (Å²) in [6, 6.07) is 22.8. The molecule has 0 aliphatic rings. The van der Waals surface area contributed by atoms with Gasteiger partial charge in [-0.3, -0.25) is 4.98 Å². The van der Waals surface area contributed by atoms with Crippen LogP contribution >= 0.6 is 0 Å². The number of pyridine rings is 2. The maximum Gasteiger partial charge on any atom is 0.153 e. The van der Waals surface area contributed by atoms with Gasteiger partial charge >= 0.3 is 0 Å². The second-order valence-corrected chi connectivity index (χ2v) is 6.09. The van der Waals surface area contributed by atoms with Crippen LogP contribution in [0, 0.1) is 0 Å². The van der Waals surface area contributed by atoms with Crippen molar-refractivity contribution in [1.29, 1.82) is 0 Å². The number of benzene rings is 2. The third-order valence-electron chi connectivity index (χ3n) is 4.45. The van der Waals surface area contributed by atoms with Crippen molar-refractivity contribution in [1.82, 2.24) is 9.97 Å². The first-order valence-electron chi connectivity index (χ1n) is 8.33. The molecule has 3 aromatic heterocycles. The predicted octanol–water partition coefficient (Wildman–Crippen LogP) is 5.42. The van der Waals surface area contributed by atoms with Gasteiger partial charge in [0.05, 0.1) is 11.4 Å². The van der Waals surface area contributed by atoms with E-state index in [4.69, 9.17) is 9.40 Å². The van der Waals surface area contributed by atoms with Crippen LogP contribution in [0.2, 0.25) is 0 Å². The molecule has 0 unspecified atom stereocenters. The van der Waals surface area contributed by atoms with Crippen LogP contribution in [0.25, 0.3) is 44.6 Å². The maximum atomic E-state index is 10.1. The average Bonchev–Trinajstić information content (AvgIpc) is 3.06. The van der Waals surface area contributed by atoms with Crippen molar-refractivity contribution in [3.63, 3.8) is 0 Å². The van der Waals surface area contributed by atoms with Gasteiger partial charge in [0, 0.05) is 22.7 Å². The van der Waals surface area contributed by atoms with Gasteiger partial charge in [0.2, 0.25) is 0 Å². The summed E-state index contributed by atoms with van der Waals surface area (Å²) in [7, 11) is 0. The van der Waals surface area contributed by atoms with Crippen LogP contribution < -0.4 is 0 Å². The zero-order valence-electron chi connectivity index (χ0n) is 13.8. The van der Waals surface area contributed by atoms with Crippen LogP contribution in [0.3, 0.4) is 0 Å². The van der Waals surface area contributed by atoms with E-state index in [1.165, 1.54) is 0 Å². The van der Waals surface area contributed by atoms with Crippen molar-refractivity contribution >= 4 is 22.1 Å². The topological polar surface area (TPSA) is 59.2 Å². The molecule has 0 fully saturated rings. The van der Waals surface area contributed by atoms with Crippen molar-refractivity contribution in [3.8, 4) is 28.3 Å². The molecule has 0 saturated carbocycles. The summed E-state index contributed by atoms with van der Waals surface area (Å²) < 4.78 is 5.92. The molecule has 4 nitrogen and oxygen atoms in total. The van der Waals surface area contributed by atoms with Crippen LogP contribution in [0.5, 0.6) is 5.75 Å². The van der Waals surface area contributed by atoms with Crippen molar-refractivity contribution in [2.24, 2.45) is 0 Å². The fraction of sp³-hybridized carbons (Fsp3) is 0. The van der Waals surface area contributed by atoms with Gasteiger partial charge in [-0.25, -0.2) is 4.98 Å². The van der Waals surface area contributed by atoms with Crippen LogP contribution in [-0.2, 0) is 0 Å². The minimum atomic E-state index is 0.210. The summed E-state index contributed by atoms with van der Waals surface area (Å²) in [6.07, 6.45) is 1.78. The molecule has 0 atom stereocenters. The number of hydrogen-bond donors (Lipinski definition) is 1. The van der Waals surface area contributed by atoms with Gasteiger partial charge in [-0.05, 0) is 54.6 Å². The van der Waals surface area contributed by atoms with Gasteiger partial charge in [0.25, 0.3) is 0 Å². The Kier molecular flexibility index (Phi) is 3.22. The highest BCUT2D eigenvalue weighted by molar-refractivity contribution is 6.04. The molecule has 2 aromatic carbocycles. The van der Waals surface area contributed by atoms with Crippen molar-refractivity contribution in [2.45, 2.75) is 0 Å². The summed E-state index contributed by atoms with van der Waals surface area (Å²) in [5.41, 5.74) is 5.60. The lowest BCUT2D eigenvalue weighted by atomic mass is 10.1. The number of phenolic OH excluding ortho intramolecular Hbond substituents is 1. The summed E-state index contributed by atoms with van der Waals surface area (Å²) in [5.74, 6) is 0.210. The number of fused-ring (bicyclic) bond motifs is 3. The van der Waals surface area contributed by atoms with Crippen LogP contribution in [0.15, 0.2) is 83.4 Å². The fourth-order valence-electron chi connectivity index (χ4n) is 3.18. The number of nitrogens with zero attached hydrogens (tertiary/aromatic N) is 2. The molecule has 0 aliphatic carbocycles. The first-order chi connectivity index (χ1) is 12.8. The van der Waals surface area contributed by atoms with E-state index in [9.17, 15) is 5.11 Å². The minimum Gasteiger partial charge on any atom is -0.507 e. The lowest BCUT2D eigenvalue weighted by Gasteiger charge is -2.03. The van der Waals surface area contributed by atoms with Gasteiger partial charge in [-0.2, -0.15) is 0 Å². The summed E-state index contributed by atoms with van der Waals surface area (Å²) >= 11 is 0. The molecule has 5 aromatic rings. The third-order valence-corrected chi connectivity index (χ3v) is 4.45. The van der Waals surface area contributed by atoms with Gasteiger partial charge in [-0.15, -0.1) is 0 Å². The van der Waals surface area contributed by atoms with E-state index in [2.05, 4.69) is 4.98 Å². The smallest absolute Gasteiger partial charge is 0.153 e. The minimum absolute atomic E-state index is 0.210. The molecule has 0 bridgehead atoms. The highest BCUT2D eigenvalue weighted by atomic mass is 16.3. The van der Waals surface area contributed by atoms with Gasteiger partial charge in [0.1, 0.15) is 16.8 Å². The Bertz CT molecular complexity index is 1240. The first kappa shape index (κ1) is 14.7. The van der Waals surface area contributed by atoms with E-state index in [1.54, 1.807) is 18.3 Å². The zero-order valence-corrected chi connectivity index (χ0v) is 13.8. The fourth-order valence-corrected chi connectivity index (χ4v) is 3.18. The number of furan rings is 1. The van der Waals surface area contributed by atoms with E-state index in [1.807, 2.05) is 60.7 Å². The standard InChI is InChI=1S/C22H14N2O2/c25-19-7-2-1-5-15(19)18-9-11-21-22(24-18)16-13-14(8-10-20(16)26-21)17-6-3-4-12-23-17/h1-13,25H. The molecule has 0 saturated heterocycles. The van der Waals surface area contributed by atoms with Crippen LogP contribution in [0.1, 0.15) is 0 Å². The van der Waals surface area contributed by atoms with E-state index >= 15 is 0 Å². The second kappa shape index (κ2) is 5.70. The Morgan fingerprint density at radius 3 is 2.46 bits per heavy atom. The number of rotatable bonds is 2. The van der Waals surface area contributed by atoms with E-state index in [0.29, 0.717) is 11.3 Å². The SMILES string of the molecule is Oc1ccccc1-c1ccc2oc3ccc(-c4ccccn4)cc3c2n1. The van der Waals surface area contributed by atoms with Gasteiger partial charge < -0.3 is 9.52 Å². The molecular weight excluding hydrogens is 324 g/mol. The molecule has 124 valence electrons. The summed E-state index contributed by atoms with van der Waals surface area (Å²) in [6.45, 7) is 0. The number of aromatic hydroxyl groups is 1. The summed E-state index contributed by atoms with van der Waals surface area (Å²) in [5, 5.41) is 11.1. The van der Waals surface area contributed by atoms with E-state index in [0.717, 1.165) is 33.3 Å². The number of phenols is 1. The molecule has 1 N–H and O–H groups in total. The predicted molar refractivity (Wildman–Crippen MR) is 102 cm³/mol. The van der Waals surface area contributed by atoms with Crippen molar-refractivity contribution < 1.29 is 9.52 Å². The molecule has 3 heterocycles. The molecule has 0 radical (unpaired) electrons. The Hall–Kier alpha value is -3.66. The third kappa shape index (κ3) is 2.31. The van der Waals surface area contributed by atoms with Gasteiger partial charge in [-0.1, -0.05) is 18.2 Å². The molecule has 4 heteroatoms. The zero-order chi connectivity index (χ0) is 17.5. The average molecular weight is 338 g/mol. The Balaban J connectivity index is 1.74. The van der Waals surface area contributed by atoms with Crippen molar-refractivity contribution in [3.05, 3.63) is 79.0 Å². The summed E-state index contributed by atoms with van der Waals surface area (Å²) in [4.78, 5) is 9.17. The van der Waals surface area contributed by atoms with Gasteiger partial charge in [0.15, 0.2) is 5.58 Å². The second-order valence-electron chi connectivity index (χ2n) is 6.09.